The number of hydrogen-bond acceptors (Lipinski definition) is 5. The Hall–Kier alpha value is -2.77. The molecule has 8 nitrogen and oxygen atoms in total. The van der Waals surface area contributed by atoms with Crippen LogP contribution in [-0.2, 0) is 11.3 Å². The van der Waals surface area contributed by atoms with Crippen LogP contribution in [0.25, 0.3) is 0 Å². The zero-order valence-electron chi connectivity index (χ0n) is 12.6. The van der Waals surface area contributed by atoms with Crippen LogP contribution < -0.4 is 10.6 Å². The number of nitrogens with one attached hydrogen (secondary N) is 2. The Kier molecular flexibility index (Phi) is 4.60. The molecule has 120 valence electrons. The van der Waals surface area contributed by atoms with E-state index in [1.165, 1.54) is 23.9 Å². The summed E-state index contributed by atoms with van der Waals surface area (Å²) in [6, 6.07) is 7.12. The summed E-state index contributed by atoms with van der Waals surface area (Å²) in [5, 5.41) is 16.3. The van der Waals surface area contributed by atoms with E-state index in [1.807, 2.05) is 0 Å². The van der Waals surface area contributed by atoms with Gasteiger partial charge in [0, 0.05) is 17.3 Å². The number of nitrogens with zero attached hydrogens (tertiary/aromatic N) is 4. The summed E-state index contributed by atoms with van der Waals surface area (Å²) in [6.07, 6.45) is 5.83. The maximum Gasteiger partial charge on any atom is 0.251 e. The van der Waals surface area contributed by atoms with E-state index in [0.717, 1.165) is 12.8 Å². The molecule has 3 rings (SSSR count). The van der Waals surface area contributed by atoms with E-state index in [2.05, 4.69) is 26.2 Å². The Bertz CT molecular complexity index is 662. The quantitative estimate of drug-likeness (QED) is 0.856. The van der Waals surface area contributed by atoms with Crippen molar-refractivity contribution in [3.63, 3.8) is 0 Å². The lowest BCUT2D eigenvalue weighted by molar-refractivity contribution is -0.116. The van der Waals surface area contributed by atoms with E-state index in [1.54, 1.807) is 24.3 Å². The number of amides is 2. The predicted octanol–water partition coefficient (Wildman–Crippen LogP) is 0.984. The van der Waals surface area contributed by atoms with Crippen LogP contribution in [0, 0.1) is 0 Å². The molecule has 2 N–H and O–H groups in total. The second-order valence-electron chi connectivity index (χ2n) is 5.59. The predicted molar refractivity (Wildman–Crippen MR) is 82.6 cm³/mol. The molecule has 2 aromatic rings. The molecular formula is C15H18N6O2. The standard InChI is InChI=1S/C15H18N6O2/c22-14(9-21-10-16-19-20-21)17-13-7-5-11(6-8-13)15(23)18-12-3-1-2-4-12/h5-8,10,12H,1-4,9H2,(H,17,22)(H,18,23). The third-order valence-corrected chi connectivity index (χ3v) is 3.82. The van der Waals surface area contributed by atoms with E-state index in [0.29, 0.717) is 11.3 Å². The zero-order valence-corrected chi connectivity index (χ0v) is 12.6. The van der Waals surface area contributed by atoms with E-state index in [-0.39, 0.29) is 24.4 Å². The van der Waals surface area contributed by atoms with Crippen molar-refractivity contribution in [2.75, 3.05) is 5.32 Å². The van der Waals surface area contributed by atoms with Crippen LogP contribution in [0.15, 0.2) is 30.6 Å². The highest BCUT2D eigenvalue weighted by Gasteiger charge is 2.17. The van der Waals surface area contributed by atoms with Crippen LogP contribution in [0.2, 0.25) is 0 Å². The van der Waals surface area contributed by atoms with Crippen molar-refractivity contribution in [2.45, 2.75) is 38.3 Å². The molecule has 1 aliphatic carbocycles. The highest BCUT2D eigenvalue weighted by Crippen LogP contribution is 2.18. The third kappa shape index (κ3) is 4.12. The van der Waals surface area contributed by atoms with Crippen molar-refractivity contribution < 1.29 is 9.59 Å². The summed E-state index contributed by atoms with van der Waals surface area (Å²) in [6.45, 7) is 0.0386. The summed E-state index contributed by atoms with van der Waals surface area (Å²) in [4.78, 5) is 23.9. The van der Waals surface area contributed by atoms with Crippen molar-refractivity contribution in [1.82, 2.24) is 25.5 Å². The van der Waals surface area contributed by atoms with Gasteiger partial charge in [0.2, 0.25) is 5.91 Å². The van der Waals surface area contributed by atoms with Gasteiger partial charge < -0.3 is 10.6 Å². The van der Waals surface area contributed by atoms with E-state index in [4.69, 9.17) is 0 Å². The van der Waals surface area contributed by atoms with Crippen molar-refractivity contribution in [2.24, 2.45) is 0 Å². The molecule has 0 bridgehead atoms. The van der Waals surface area contributed by atoms with E-state index in [9.17, 15) is 9.59 Å². The number of hydrogen-bond donors (Lipinski definition) is 2. The first-order valence-corrected chi connectivity index (χ1v) is 7.62. The van der Waals surface area contributed by atoms with Crippen LogP contribution in [0.4, 0.5) is 5.69 Å². The summed E-state index contributed by atoms with van der Waals surface area (Å²) in [5.41, 5.74) is 1.22. The molecular weight excluding hydrogens is 296 g/mol. The van der Waals surface area contributed by atoms with E-state index >= 15 is 0 Å². The Morgan fingerprint density at radius 1 is 1.17 bits per heavy atom. The number of rotatable bonds is 5. The maximum absolute atomic E-state index is 12.1. The van der Waals surface area contributed by atoms with Gasteiger partial charge in [-0.25, -0.2) is 4.68 Å². The summed E-state index contributed by atoms with van der Waals surface area (Å²) < 4.78 is 1.33. The average molecular weight is 314 g/mol. The normalized spacial score (nSPS) is 14.6. The molecule has 0 saturated heterocycles. The van der Waals surface area contributed by atoms with Crippen LogP contribution in [0.3, 0.4) is 0 Å². The first-order chi connectivity index (χ1) is 11.2. The molecule has 2 amide bonds. The molecule has 0 unspecified atom stereocenters. The van der Waals surface area contributed by atoms with Gasteiger partial charge >= 0.3 is 0 Å². The lowest BCUT2D eigenvalue weighted by Crippen LogP contribution is -2.32. The fraction of sp³-hybridized carbons (Fsp3) is 0.400. The largest absolute Gasteiger partial charge is 0.349 e. The summed E-state index contributed by atoms with van der Waals surface area (Å²) in [5.74, 6) is -0.302. The highest BCUT2D eigenvalue weighted by atomic mass is 16.2. The lowest BCUT2D eigenvalue weighted by Gasteiger charge is -2.12. The highest BCUT2D eigenvalue weighted by molar-refractivity contribution is 5.95. The first kappa shape index (κ1) is 15.1. The van der Waals surface area contributed by atoms with Gasteiger partial charge in [-0.05, 0) is 47.5 Å². The van der Waals surface area contributed by atoms with Gasteiger partial charge in [0.1, 0.15) is 12.9 Å². The molecule has 1 aromatic carbocycles. The number of benzene rings is 1. The van der Waals surface area contributed by atoms with Crippen LogP contribution >= 0.6 is 0 Å². The second kappa shape index (κ2) is 6.99. The van der Waals surface area contributed by atoms with Crippen LogP contribution in [0.1, 0.15) is 36.0 Å². The first-order valence-electron chi connectivity index (χ1n) is 7.62. The Labute approximate surface area is 133 Å². The van der Waals surface area contributed by atoms with Gasteiger partial charge in [-0.15, -0.1) is 5.10 Å². The molecule has 1 aromatic heterocycles. The van der Waals surface area contributed by atoms with Gasteiger partial charge in [-0.3, -0.25) is 9.59 Å². The molecule has 0 atom stereocenters. The Balaban J connectivity index is 1.53. The fourth-order valence-electron chi connectivity index (χ4n) is 2.64. The van der Waals surface area contributed by atoms with Crippen molar-refractivity contribution >= 4 is 17.5 Å². The molecule has 0 spiro atoms. The van der Waals surface area contributed by atoms with Crippen molar-refractivity contribution in [1.29, 1.82) is 0 Å². The topological polar surface area (TPSA) is 102 Å². The number of aromatic nitrogens is 4. The van der Waals surface area contributed by atoms with Crippen molar-refractivity contribution in [3.8, 4) is 0 Å². The minimum atomic E-state index is -0.236. The summed E-state index contributed by atoms with van der Waals surface area (Å²) in [7, 11) is 0. The Morgan fingerprint density at radius 2 is 1.91 bits per heavy atom. The van der Waals surface area contributed by atoms with Gasteiger partial charge in [-0.1, -0.05) is 12.8 Å². The lowest BCUT2D eigenvalue weighted by atomic mass is 10.1. The van der Waals surface area contributed by atoms with Gasteiger partial charge in [0.25, 0.3) is 5.91 Å². The monoisotopic (exact) mass is 314 g/mol. The fourth-order valence-corrected chi connectivity index (χ4v) is 2.64. The second-order valence-corrected chi connectivity index (χ2v) is 5.59. The number of tetrazole rings is 1. The minimum Gasteiger partial charge on any atom is -0.349 e. The van der Waals surface area contributed by atoms with Gasteiger partial charge in [-0.2, -0.15) is 0 Å². The Morgan fingerprint density at radius 3 is 2.57 bits per heavy atom. The number of anilines is 1. The SMILES string of the molecule is O=C(Cn1cnnn1)Nc1ccc(C(=O)NC2CCCC2)cc1. The minimum absolute atomic E-state index is 0.0386. The molecule has 0 aliphatic heterocycles. The van der Waals surface area contributed by atoms with Gasteiger partial charge in [0.15, 0.2) is 0 Å². The zero-order chi connectivity index (χ0) is 16.1. The molecule has 1 saturated carbocycles. The molecule has 1 aliphatic rings. The number of carbonyl (C=O) groups is 2. The molecule has 1 heterocycles. The third-order valence-electron chi connectivity index (χ3n) is 3.82. The molecule has 23 heavy (non-hydrogen) atoms. The van der Waals surface area contributed by atoms with E-state index < -0.39 is 0 Å². The molecule has 0 radical (unpaired) electrons. The van der Waals surface area contributed by atoms with Crippen LogP contribution in [0.5, 0.6) is 0 Å². The summed E-state index contributed by atoms with van der Waals surface area (Å²) >= 11 is 0. The van der Waals surface area contributed by atoms with Crippen molar-refractivity contribution in [3.05, 3.63) is 36.2 Å². The average Bonchev–Trinajstić information content (AvgIpc) is 3.21. The smallest absolute Gasteiger partial charge is 0.251 e. The maximum atomic E-state index is 12.1. The molecule has 1 fully saturated rings. The molecule has 8 heteroatoms. The van der Waals surface area contributed by atoms with Crippen LogP contribution in [-0.4, -0.2) is 38.1 Å². The van der Waals surface area contributed by atoms with Gasteiger partial charge in [0.05, 0.1) is 0 Å². The number of carbonyl (C=O) groups excluding carboxylic acids is 2.